The van der Waals surface area contributed by atoms with Crippen LogP contribution < -0.4 is 10.1 Å². The van der Waals surface area contributed by atoms with E-state index in [0.717, 1.165) is 29.7 Å². The van der Waals surface area contributed by atoms with Crippen molar-refractivity contribution in [1.29, 1.82) is 0 Å². The van der Waals surface area contributed by atoms with Gasteiger partial charge >= 0.3 is 0 Å². The van der Waals surface area contributed by atoms with Crippen LogP contribution in [0.5, 0.6) is 5.88 Å². The number of aromatic nitrogens is 2. The second kappa shape index (κ2) is 6.85. The first-order chi connectivity index (χ1) is 9.63. The lowest BCUT2D eigenvalue weighted by atomic mass is 10.3. The molecule has 2 heterocycles. The van der Waals surface area contributed by atoms with Gasteiger partial charge in [-0.05, 0) is 33.5 Å². The second-order valence-corrected chi connectivity index (χ2v) is 5.93. The summed E-state index contributed by atoms with van der Waals surface area (Å²) in [6, 6.07) is 2.14. The highest BCUT2D eigenvalue weighted by Gasteiger charge is 2.12. The predicted molar refractivity (Wildman–Crippen MR) is 85.0 cm³/mol. The van der Waals surface area contributed by atoms with Gasteiger partial charge in [0.15, 0.2) is 0 Å². The molecule has 0 aliphatic carbocycles. The predicted octanol–water partition coefficient (Wildman–Crippen LogP) is 2.63. The van der Waals surface area contributed by atoms with Crippen molar-refractivity contribution >= 4 is 27.5 Å². The summed E-state index contributed by atoms with van der Waals surface area (Å²) in [5.41, 5.74) is 0. The molecule has 2 aromatic rings. The minimum absolute atomic E-state index is 0.627. The van der Waals surface area contributed by atoms with E-state index in [-0.39, 0.29) is 0 Å². The van der Waals surface area contributed by atoms with E-state index in [9.17, 15) is 0 Å². The summed E-state index contributed by atoms with van der Waals surface area (Å²) in [5.74, 6) is 1.33. The van der Waals surface area contributed by atoms with Crippen molar-refractivity contribution in [2.75, 3.05) is 39.1 Å². The molecule has 2 aromatic heterocycles. The highest BCUT2D eigenvalue weighted by molar-refractivity contribution is 7.18. The summed E-state index contributed by atoms with van der Waals surface area (Å²) in [4.78, 5) is 13.4. The van der Waals surface area contributed by atoms with E-state index in [0.29, 0.717) is 18.4 Å². The maximum Gasteiger partial charge on any atom is 0.227 e. The van der Waals surface area contributed by atoms with E-state index in [1.807, 2.05) is 21.0 Å². The Morgan fingerprint density at radius 1 is 1.30 bits per heavy atom. The summed E-state index contributed by atoms with van der Waals surface area (Å²) >= 11 is 1.71. The Morgan fingerprint density at radius 3 is 2.75 bits per heavy atom. The zero-order valence-electron chi connectivity index (χ0n) is 12.6. The van der Waals surface area contributed by atoms with Crippen LogP contribution in [0.1, 0.15) is 18.7 Å². The fraction of sp³-hybridized carbons (Fsp3) is 0.571. The molecule has 0 radical (unpaired) electrons. The third-order valence-electron chi connectivity index (χ3n) is 2.87. The Bertz CT molecular complexity index is 568. The number of rotatable bonds is 7. The quantitative estimate of drug-likeness (QED) is 0.850. The molecule has 6 heteroatoms. The Hall–Kier alpha value is -1.40. The van der Waals surface area contributed by atoms with Crippen LogP contribution in [-0.2, 0) is 6.42 Å². The van der Waals surface area contributed by atoms with Crippen molar-refractivity contribution in [1.82, 2.24) is 14.9 Å². The van der Waals surface area contributed by atoms with Gasteiger partial charge < -0.3 is 15.0 Å². The van der Waals surface area contributed by atoms with Crippen molar-refractivity contribution in [2.45, 2.75) is 20.3 Å². The Morgan fingerprint density at radius 2 is 2.10 bits per heavy atom. The maximum absolute atomic E-state index is 5.85. The van der Waals surface area contributed by atoms with Gasteiger partial charge in [0.05, 0.1) is 5.39 Å². The molecule has 20 heavy (non-hydrogen) atoms. The van der Waals surface area contributed by atoms with E-state index >= 15 is 0 Å². The first-order valence-electron chi connectivity index (χ1n) is 6.95. The molecule has 0 bridgehead atoms. The fourth-order valence-electron chi connectivity index (χ4n) is 1.79. The first-order valence-corrected chi connectivity index (χ1v) is 7.77. The molecule has 0 fully saturated rings. The first kappa shape index (κ1) is 15.0. The van der Waals surface area contributed by atoms with Crippen LogP contribution in [-0.4, -0.2) is 48.7 Å². The maximum atomic E-state index is 5.85. The molecule has 2 rings (SSSR count). The smallest absolute Gasteiger partial charge is 0.227 e. The monoisotopic (exact) mass is 294 g/mol. The van der Waals surface area contributed by atoms with E-state index < -0.39 is 0 Å². The molecule has 1 N–H and O–H groups in total. The Labute approximate surface area is 124 Å². The lowest BCUT2D eigenvalue weighted by Crippen LogP contribution is -2.20. The van der Waals surface area contributed by atoms with Crippen LogP contribution in [0.4, 0.5) is 5.95 Å². The van der Waals surface area contributed by atoms with Crippen molar-refractivity contribution in [2.24, 2.45) is 0 Å². The highest BCUT2D eigenvalue weighted by atomic mass is 32.1. The minimum Gasteiger partial charge on any atom is -0.476 e. The normalized spacial score (nSPS) is 11.2. The van der Waals surface area contributed by atoms with Gasteiger partial charge in [-0.15, -0.1) is 11.3 Å². The molecule has 0 spiro atoms. The third-order valence-corrected chi connectivity index (χ3v) is 4.04. The summed E-state index contributed by atoms with van der Waals surface area (Å²) in [6.07, 6.45) is 1.01. The van der Waals surface area contributed by atoms with Gasteiger partial charge in [0.25, 0.3) is 0 Å². The fourth-order valence-corrected chi connectivity index (χ4v) is 2.75. The average Bonchev–Trinajstić information content (AvgIpc) is 2.82. The summed E-state index contributed by atoms with van der Waals surface area (Å²) in [5, 5.41) is 4.18. The number of anilines is 1. The van der Waals surface area contributed by atoms with Gasteiger partial charge in [0, 0.05) is 18.0 Å². The van der Waals surface area contributed by atoms with E-state index in [2.05, 4.69) is 33.2 Å². The number of nitrogens with zero attached hydrogens (tertiary/aromatic N) is 3. The van der Waals surface area contributed by atoms with Gasteiger partial charge in [0.1, 0.15) is 11.4 Å². The molecule has 0 saturated carbocycles. The highest BCUT2D eigenvalue weighted by Crippen LogP contribution is 2.31. The van der Waals surface area contributed by atoms with Crippen molar-refractivity contribution in [3.05, 3.63) is 10.9 Å². The standard InChI is InChI=1S/C14H22N4OS/c1-5-10-9-11-12(19-8-7-18(3)4)16-14(15-6-2)17-13(11)20-10/h9H,5-8H2,1-4H3,(H,15,16,17). The molecule has 0 atom stereocenters. The van der Waals surface area contributed by atoms with Crippen LogP contribution in [0.2, 0.25) is 0 Å². The van der Waals surface area contributed by atoms with E-state index in [1.54, 1.807) is 11.3 Å². The number of likely N-dealkylation sites (N-methyl/N-ethyl adjacent to an activating group) is 1. The lowest BCUT2D eigenvalue weighted by Gasteiger charge is -2.11. The van der Waals surface area contributed by atoms with Gasteiger partial charge in [0.2, 0.25) is 11.8 Å². The lowest BCUT2D eigenvalue weighted by molar-refractivity contribution is 0.256. The van der Waals surface area contributed by atoms with Gasteiger partial charge in [-0.1, -0.05) is 6.92 Å². The molecule has 110 valence electrons. The number of aryl methyl sites for hydroxylation is 1. The summed E-state index contributed by atoms with van der Waals surface area (Å²) < 4.78 is 5.85. The largest absolute Gasteiger partial charge is 0.476 e. The molecule has 0 saturated heterocycles. The third kappa shape index (κ3) is 3.58. The van der Waals surface area contributed by atoms with Gasteiger partial charge in [-0.2, -0.15) is 4.98 Å². The molecule has 0 amide bonds. The van der Waals surface area contributed by atoms with Crippen LogP contribution >= 0.6 is 11.3 Å². The Kier molecular flexibility index (Phi) is 5.14. The molecule has 0 aromatic carbocycles. The van der Waals surface area contributed by atoms with Crippen molar-refractivity contribution in [3.63, 3.8) is 0 Å². The molecular weight excluding hydrogens is 272 g/mol. The zero-order valence-corrected chi connectivity index (χ0v) is 13.4. The van der Waals surface area contributed by atoms with Crippen molar-refractivity contribution < 1.29 is 4.74 Å². The summed E-state index contributed by atoms with van der Waals surface area (Å²) in [7, 11) is 4.06. The molecule has 0 aliphatic heterocycles. The van der Waals surface area contributed by atoms with Gasteiger partial charge in [-0.25, -0.2) is 4.98 Å². The second-order valence-electron chi connectivity index (χ2n) is 4.82. The Balaban J connectivity index is 2.30. The van der Waals surface area contributed by atoms with Crippen molar-refractivity contribution in [3.8, 4) is 5.88 Å². The summed E-state index contributed by atoms with van der Waals surface area (Å²) in [6.45, 7) is 6.48. The van der Waals surface area contributed by atoms with Gasteiger partial charge in [-0.3, -0.25) is 0 Å². The number of ether oxygens (including phenoxy) is 1. The SMILES string of the molecule is CCNc1nc(OCCN(C)C)c2cc(CC)sc2n1. The molecule has 5 nitrogen and oxygen atoms in total. The van der Waals surface area contributed by atoms with Crippen LogP contribution in [0.25, 0.3) is 10.2 Å². The number of hydrogen-bond donors (Lipinski definition) is 1. The average molecular weight is 294 g/mol. The van der Waals surface area contributed by atoms with Crippen LogP contribution in [0, 0.1) is 0 Å². The number of thiophene rings is 1. The molecule has 0 aliphatic rings. The van der Waals surface area contributed by atoms with Crippen LogP contribution in [0.3, 0.4) is 0 Å². The number of nitrogens with one attached hydrogen (secondary N) is 1. The zero-order chi connectivity index (χ0) is 14.5. The number of fused-ring (bicyclic) bond motifs is 1. The molecule has 0 unspecified atom stereocenters. The van der Waals surface area contributed by atoms with Crippen LogP contribution in [0.15, 0.2) is 6.07 Å². The topological polar surface area (TPSA) is 50.3 Å². The van der Waals surface area contributed by atoms with E-state index in [1.165, 1.54) is 4.88 Å². The number of hydrogen-bond acceptors (Lipinski definition) is 6. The molecular formula is C14H22N4OS. The minimum atomic E-state index is 0.627. The van der Waals surface area contributed by atoms with E-state index in [4.69, 9.17) is 4.74 Å².